The first-order valence-corrected chi connectivity index (χ1v) is 7.84. The van der Waals surface area contributed by atoms with Crippen LogP contribution in [0.5, 0.6) is 5.75 Å². The molecule has 0 aliphatic heterocycles. The first kappa shape index (κ1) is 15.5. The number of sulfonamides is 1. The summed E-state index contributed by atoms with van der Waals surface area (Å²) in [5, 5.41) is 9.40. The molecule has 0 radical (unpaired) electrons. The molecule has 0 bridgehead atoms. The third kappa shape index (κ3) is 3.81. The van der Waals surface area contributed by atoms with Crippen LogP contribution in [-0.4, -0.2) is 32.8 Å². The average Bonchev–Trinajstić information content (AvgIpc) is 2.99. The van der Waals surface area contributed by atoms with Crippen LogP contribution in [0.1, 0.15) is 11.1 Å². The number of methoxy groups -OCH3 is 1. The van der Waals surface area contributed by atoms with Crippen LogP contribution in [0.2, 0.25) is 0 Å². The number of aromatic amines is 1. The third-order valence-corrected chi connectivity index (χ3v) is 4.34. The lowest BCUT2D eigenvalue weighted by Gasteiger charge is -2.12. The highest BCUT2D eigenvalue weighted by Crippen LogP contribution is 2.25. The van der Waals surface area contributed by atoms with E-state index in [1.54, 1.807) is 31.6 Å². The Balaban J connectivity index is 2.26. The Bertz CT molecular complexity index is 683. The molecule has 0 aliphatic carbocycles. The summed E-state index contributed by atoms with van der Waals surface area (Å²) in [7, 11) is -0.417. The highest BCUT2D eigenvalue weighted by Gasteiger charge is 2.20. The van der Waals surface area contributed by atoms with Gasteiger partial charge >= 0.3 is 0 Å². The minimum absolute atomic E-state index is 0.126. The van der Waals surface area contributed by atoms with E-state index >= 15 is 0 Å². The molecule has 21 heavy (non-hydrogen) atoms. The van der Waals surface area contributed by atoms with Crippen molar-refractivity contribution >= 4 is 10.0 Å². The Hall–Kier alpha value is -1.90. The summed E-state index contributed by atoms with van der Waals surface area (Å²) >= 11 is 0. The molecule has 2 aromatic rings. The molecule has 1 aromatic carbocycles. The molecule has 0 atom stereocenters. The van der Waals surface area contributed by atoms with E-state index in [9.17, 15) is 8.42 Å². The summed E-state index contributed by atoms with van der Waals surface area (Å²) in [5.41, 5.74) is 1.62. The molecule has 1 aromatic heterocycles. The van der Waals surface area contributed by atoms with Crippen molar-refractivity contribution in [1.29, 1.82) is 0 Å². The Morgan fingerprint density at radius 2 is 2.10 bits per heavy atom. The molecule has 7 nitrogen and oxygen atoms in total. The van der Waals surface area contributed by atoms with Gasteiger partial charge in [0.2, 0.25) is 10.0 Å². The van der Waals surface area contributed by atoms with E-state index < -0.39 is 10.0 Å². The molecule has 8 heteroatoms. The molecule has 0 aliphatic rings. The second kappa shape index (κ2) is 6.70. The van der Waals surface area contributed by atoms with Crippen molar-refractivity contribution in [3.05, 3.63) is 41.7 Å². The number of hydrogen-bond donors (Lipinski definition) is 3. The number of hydrogen-bond acceptors (Lipinski definition) is 5. The van der Waals surface area contributed by atoms with E-state index in [1.165, 1.54) is 7.11 Å². The van der Waals surface area contributed by atoms with E-state index in [4.69, 9.17) is 4.74 Å². The van der Waals surface area contributed by atoms with Crippen molar-refractivity contribution in [3.8, 4) is 5.75 Å². The van der Waals surface area contributed by atoms with Gasteiger partial charge in [-0.2, -0.15) is 5.10 Å². The molecule has 0 saturated carbocycles. The molecule has 0 unspecified atom stereocenters. The van der Waals surface area contributed by atoms with Gasteiger partial charge in [-0.25, -0.2) is 13.1 Å². The maximum absolute atomic E-state index is 12.4. The van der Waals surface area contributed by atoms with Crippen LogP contribution >= 0.6 is 0 Å². The average molecular weight is 310 g/mol. The standard InChI is InChI=1S/C13H18N4O3S/c1-14-6-10-3-4-12(20-2)13(5-10)21(18,19)17-9-11-7-15-16-8-11/h3-5,7-8,14,17H,6,9H2,1-2H3,(H,15,16). The molecule has 0 fully saturated rings. The molecule has 0 amide bonds. The number of aromatic nitrogens is 2. The van der Waals surface area contributed by atoms with Gasteiger partial charge in [0, 0.05) is 24.8 Å². The molecule has 0 saturated heterocycles. The van der Waals surface area contributed by atoms with Gasteiger partial charge in [-0.05, 0) is 24.7 Å². The SMILES string of the molecule is CNCc1ccc(OC)c(S(=O)(=O)NCc2cn[nH]c2)c1. The van der Waals surface area contributed by atoms with Gasteiger partial charge in [0.25, 0.3) is 0 Å². The first-order chi connectivity index (χ1) is 10.1. The summed E-state index contributed by atoms with van der Waals surface area (Å²) in [6, 6.07) is 5.08. The van der Waals surface area contributed by atoms with E-state index in [-0.39, 0.29) is 11.4 Å². The predicted molar refractivity (Wildman–Crippen MR) is 78.4 cm³/mol. The number of H-pyrrole nitrogens is 1. The number of nitrogens with one attached hydrogen (secondary N) is 3. The van der Waals surface area contributed by atoms with Crippen molar-refractivity contribution in [1.82, 2.24) is 20.2 Å². The van der Waals surface area contributed by atoms with Crippen LogP contribution in [0.4, 0.5) is 0 Å². The summed E-state index contributed by atoms with van der Waals surface area (Å²) in [6.45, 7) is 0.743. The number of rotatable bonds is 7. The zero-order valence-electron chi connectivity index (χ0n) is 11.9. The molecular weight excluding hydrogens is 292 g/mol. The lowest BCUT2D eigenvalue weighted by Crippen LogP contribution is -2.24. The molecule has 2 rings (SSSR count). The number of nitrogens with zero attached hydrogens (tertiary/aromatic N) is 1. The van der Waals surface area contributed by atoms with Crippen molar-refractivity contribution in [2.75, 3.05) is 14.2 Å². The predicted octanol–water partition coefficient (Wildman–Crippen LogP) is 0.616. The second-order valence-electron chi connectivity index (χ2n) is 4.45. The van der Waals surface area contributed by atoms with Gasteiger partial charge in [0.15, 0.2) is 0 Å². The van der Waals surface area contributed by atoms with Crippen molar-refractivity contribution in [2.45, 2.75) is 18.0 Å². The highest BCUT2D eigenvalue weighted by molar-refractivity contribution is 7.89. The lowest BCUT2D eigenvalue weighted by molar-refractivity contribution is 0.402. The van der Waals surface area contributed by atoms with Gasteiger partial charge in [-0.1, -0.05) is 6.07 Å². The molecule has 0 spiro atoms. The van der Waals surface area contributed by atoms with Gasteiger partial charge in [0.05, 0.1) is 13.3 Å². The summed E-state index contributed by atoms with van der Waals surface area (Å²) < 4.78 is 32.5. The molecular formula is C13H18N4O3S. The lowest BCUT2D eigenvalue weighted by atomic mass is 10.2. The fourth-order valence-corrected chi connectivity index (χ4v) is 3.11. The fraction of sp³-hybridized carbons (Fsp3) is 0.308. The maximum Gasteiger partial charge on any atom is 0.244 e. The van der Waals surface area contributed by atoms with E-state index in [0.29, 0.717) is 12.3 Å². The zero-order valence-corrected chi connectivity index (χ0v) is 12.7. The van der Waals surface area contributed by atoms with Crippen LogP contribution in [0.15, 0.2) is 35.5 Å². The van der Waals surface area contributed by atoms with Gasteiger partial charge in [-0.3, -0.25) is 5.10 Å². The van der Waals surface area contributed by atoms with E-state index in [1.807, 2.05) is 6.07 Å². The minimum atomic E-state index is -3.66. The van der Waals surface area contributed by atoms with Gasteiger partial charge in [0.1, 0.15) is 10.6 Å². The van der Waals surface area contributed by atoms with Crippen molar-refractivity contribution in [2.24, 2.45) is 0 Å². The molecule has 114 valence electrons. The largest absolute Gasteiger partial charge is 0.495 e. The van der Waals surface area contributed by atoms with E-state index in [0.717, 1.165) is 11.1 Å². The molecule has 3 N–H and O–H groups in total. The van der Waals surface area contributed by atoms with Gasteiger partial charge in [-0.15, -0.1) is 0 Å². The van der Waals surface area contributed by atoms with Crippen LogP contribution in [-0.2, 0) is 23.1 Å². The monoisotopic (exact) mass is 310 g/mol. The Labute approximate surface area is 123 Å². The van der Waals surface area contributed by atoms with E-state index in [2.05, 4.69) is 20.2 Å². The van der Waals surface area contributed by atoms with Crippen LogP contribution in [0, 0.1) is 0 Å². The Morgan fingerprint density at radius 3 is 2.71 bits per heavy atom. The maximum atomic E-state index is 12.4. The van der Waals surface area contributed by atoms with Crippen molar-refractivity contribution in [3.63, 3.8) is 0 Å². The number of benzene rings is 1. The summed E-state index contributed by atoms with van der Waals surface area (Å²) in [5.74, 6) is 0.314. The highest BCUT2D eigenvalue weighted by atomic mass is 32.2. The van der Waals surface area contributed by atoms with Crippen LogP contribution < -0.4 is 14.8 Å². The normalized spacial score (nSPS) is 11.5. The Morgan fingerprint density at radius 1 is 1.29 bits per heavy atom. The van der Waals surface area contributed by atoms with Gasteiger partial charge < -0.3 is 10.1 Å². The topological polar surface area (TPSA) is 96.1 Å². The summed E-state index contributed by atoms with van der Waals surface area (Å²) in [6.07, 6.45) is 3.20. The molecule has 1 heterocycles. The first-order valence-electron chi connectivity index (χ1n) is 6.35. The minimum Gasteiger partial charge on any atom is -0.495 e. The number of ether oxygens (including phenoxy) is 1. The van der Waals surface area contributed by atoms with Crippen LogP contribution in [0.3, 0.4) is 0 Å². The second-order valence-corrected chi connectivity index (χ2v) is 6.18. The zero-order chi connectivity index (χ0) is 15.3. The third-order valence-electron chi connectivity index (χ3n) is 2.92. The van der Waals surface area contributed by atoms with Crippen molar-refractivity contribution < 1.29 is 13.2 Å². The smallest absolute Gasteiger partial charge is 0.244 e. The summed E-state index contributed by atoms with van der Waals surface area (Å²) in [4.78, 5) is 0.126. The Kier molecular flexibility index (Phi) is 4.94. The quantitative estimate of drug-likeness (QED) is 0.696. The van der Waals surface area contributed by atoms with Crippen LogP contribution in [0.25, 0.3) is 0 Å². The fourth-order valence-electron chi connectivity index (χ4n) is 1.88.